The standard InChI is InChI=1S/C12H31N3Si/c1-8-9-10-11(13(2)3)12(16,14(4)5)15(6)7/h11H,8-10H2,1-7,16H3. The van der Waals surface area contributed by atoms with Crippen LogP contribution in [0.25, 0.3) is 0 Å². The summed E-state index contributed by atoms with van der Waals surface area (Å²) in [4.78, 5) is 7.17. The Morgan fingerprint density at radius 3 is 1.69 bits per heavy atom. The average Bonchev–Trinajstić information content (AvgIpc) is 2.16. The van der Waals surface area contributed by atoms with Crippen LogP contribution in [0.5, 0.6) is 0 Å². The summed E-state index contributed by atoms with van der Waals surface area (Å²) in [5.74, 6) is 0. The SMILES string of the molecule is CCCCC(N(C)C)C([SiH3])(N(C)C)N(C)C. The van der Waals surface area contributed by atoms with Crippen LogP contribution in [0.1, 0.15) is 26.2 Å². The van der Waals surface area contributed by atoms with Crippen molar-refractivity contribution >= 4 is 10.2 Å². The molecule has 4 heteroatoms. The van der Waals surface area contributed by atoms with E-state index in [1.165, 1.54) is 19.3 Å². The van der Waals surface area contributed by atoms with E-state index < -0.39 is 0 Å². The van der Waals surface area contributed by atoms with Crippen molar-refractivity contribution in [3.8, 4) is 0 Å². The van der Waals surface area contributed by atoms with Gasteiger partial charge in [0.15, 0.2) is 0 Å². The Hall–Kier alpha value is 0.0969. The smallest absolute Gasteiger partial charge is 0.0666 e. The summed E-state index contributed by atoms with van der Waals surface area (Å²) in [5.41, 5.74) is 0. The summed E-state index contributed by atoms with van der Waals surface area (Å²) in [6.45, 7) is 2.27. The molecule has 0 heterocycles. The van der Waals surface area contributed by atoms with Gasteiger partial charge in [-0.25, -0.2) is 0 Å². The Labute approximate surface area is 105 Å². The molecule has 0 spiro atoms. The maximum absolute atomic E-state index is 2.39. The highest BCUT2D eigenvalue weighted by atomic mass is 28.1. The van der Waals surface area contributed by atoms with E-state index in [4.69, 9.17) is 0 Å². The van der Waals surface area contributed by atoms with Crippen LogP contribution in [0.2, 0.25) is 0 Å². The first kappa shape index (κ1) is 16.1. The zero-order valence-electron chi connectivity index (χ0n) is 12.5. The maximum atomic E-state index is 2.39. The number of likely N-dealkylation sites (N-methyl/N-ethyl adjacent to an activating group) is 3. The van der Waals surface area contributed by atoms with E-state index in [2.05, 4.69) is 63.9 Å². The van der Waals surface area contributed by atoms with Crippen molar-refractivity contribution in [2.24, 2.45) is 0 Å². The van der Waals surface area contributed by atoms with Gasteiger partial charge in [0.25, 0.3) is 0 Å². The van der Waals surface area contributed by atoms with Crippen LogP contribution in [0.4, 0.5) is 0 Å². The van der Waals surface area contributed by atoms with E-state index >= 15 is 0 Å². The summed E-state index contributed by atoms with van der Waals surface area (Å²) in [6, 6.07) is 0.615. The molecule has 0 aliphatic rings. The highest BCUT2D eigenvalue weighted by Gasteiger charge is 2.38. The first-order valence-electron chi connectivity index (χ1n) is 6.29. The highest BCUT2D eigenvalue weighted by Crippen LogP contribution is 2.23. The minimum atomic E-state index is 0.221. The van der Waals surface area contributed by atoms with Crippen LogP contribution < -0.4 is 0 Å². The highest BCUT2D eigenvalue weighted by molar-refractivity contribution is 6.15. The summed E-state index contributed by atoms with van der Waals surface area (Å²) in [6.07, 6.45) is 3.88. The Bertz CT molecular complexity index is 185. The van der Waals surface area contributed by atoms with Gasteiger partial charge in [-0.05, 0) is 48.7 Å². The fraction of sp³-hybridized carbons (Fsp3) is 1.00. The third kappa shape index (κ3) is 3.55. The molecule has 0 aromatic heterocycles. The topological polar surface area (TPSA) is 9.72 Å². The first-order valence-corrected chi connectivity index (χ1v) is 7.29. The molecule has 0 aliphatic carbocycles. The molecule has 0 bridgehead atoms. The minimum absolute atomic E-state index is 0.221. The molecular formula is C12H31N3Si. The van der Waals surface area contributed by atoms with E-state index in [0.717, 1.165) is 10.2 Å². The monoisotopic (exact) mass is 245 g/mol. The van der Waals surface area contributed by atoms with Gasteiger partial charge in [0.05, 0.1) is 5.29 Å². The lowest BCUT2D eigenvalue weighted by Crippen LogP contribution is -2.66. The normalized spacial score (nSPS) is 15.4. The van der Waals surface area contributed by atoms with Gasteiger partial charge in [0.1, 0.15) is 0 Å². The third-order valence-corrected chi connectivity index (χ3v) is 6.35. The molecule has 0 amide bonds. The Morgan fingerprint density at radius 2 is 1.44 bits per heavy atom. The van der Waals surface area contributed by atoms with E-state index in [1.54, 1.807) is 0 Å². The fourth-order valence-corrected chi connectivity index (χ4v) is 3.22. The second kappa shape index (κ2) is 6.74. The molecule has 0 aromatic rings. The van der Waals surface area contributed by atoms with Gasteiger partial charge in [-0.2, -0.15) is 0 Å². The van der Waals surface area contributed by atoms with E-state index in [9.17, 15) is 0 Å². The minimum Gasteiger partial charge on any atom is -0.304 e. The van der Waals surface area contributed by atoms with Crippen molar-refractivity contribution < 1.29 is 0 Å². The number of unbranched alkanes of at least 4 members (excludes halogenated alkanes) is 1. The van der Waals surface area contributed by atoms with Gasteiger partial charge in [-0.1, -0.05) is 19.8 Å². The Kier molecular flexibility index (Phi) is 6.78. The van der Waals surface area contributed by atoms with Crippen LogP contribution >= 0.6 is 0 Å². The van der Waals surface area contributed by atoms with Gasteiger partial charge in [-0.3, -0.25) is 9.80 Å². The van der Waals surface area contributed by atoms with Crippen LogP contribution in [0, 0.1) is 0 Å². The van der Waals surface area contributed by atoms with Crippen LogP contribution in [-0.2, 0) is 0 Å². The molecule has 0 saturated heterocycles. The lowest BCUT2D eigenvalue weighted by molar-refractivity contribution is 0.00364. The van der Waals surface area contributed by atoms with Gasteiger partial charge >= 0.3 is 0 Å². The number of nitrogens with zero attached hydrogens (tertiary/aromatic N) is 3. The molecular weight excluding hydrogens is 214 g/mol. The summed E-state index contributed by atoms with van der Waals surface area (Å²) < 4.78 is 0. The van der Waals surface area contributed by atoms with Gasteiger partial charge < -0.3 is 4.90 Å². The lowest BCUT2D eigenvalue weighted by atomic mass is 10.0. The molecule has 0 aromatic carbocycles. The van der Waals surface area contributed by atoms with Crippen molar-refractivity contribution in [2.45, 2.75) is 37.5 Å². The molecule has 0 N–H and O–H groups in total. The molecule has 16 heavy (non-hydrogen) atoms. The molecule has 98 valence electrons. The van der Waals surface area contributed by atoms with Crippen molar-refractivity contribution in [1.82, 2.24) is 14.7 Å². The molecule has 0 aliphatic heterocycles. The molecule has 0 rings (SSSR count). The van der Waals surface area contributed by atoms with Crippen molar-refractivity contribution in [2.75, 3.05) is 42.3 Å². The van der Waals surface area contributed by atoms with Crippen molar-refractivity contribution in [3.63, 3.8) is 0 Å². The summed E-state index contributed by atoms with van der Waals surface area (Å²) in [7, 11) is 14.4. The number of hydrogen-bond acceptors (Lipinski definition) is 3. The molecule has 1 atom stereocenters. The zero-order valence-corrected chi connectivity index (χ0v) is 14.5. The second-order valence-corrected chi connectivity index (χ2v) is 6.98. The summed E-state index contributed by atoms with van der Waals surface area (Å²) >= 11 is 0. The van der Waals surface area contributed by atoms with Crippen molar-refractivity contribution in [1.29, 1.82) is 0 Å². The molecule has 0 fully saturated rings. The van der Waals surface area contributed by atoms with E-state index in [0.29, 0.717) is 6.04 Å². The predicted molar refractivity (Wildman–Crippen MR) is 77.0 cm³/mol. The van der Waals surface area contributed by atoms with Gasteiger partial charge in [-0.15, -0.1) is 0 Å². The maximum Gasteiger partial charge on any atom is 0.0666 e. The van der Waals surface area contributed by atoms with Crippen molar-refractivity contribution in [3.05, 3.63) is 0 Å². The second-order valence-electron chi connectivity index (χ2n) is 5.50. The predicted octanol–water partition coefficient (Wildman–Crippen LogP) is 0.249. The average molecular weight is 245 g/mol. The Morgan fingerprint density at radius 1 is 1.00 bits per heavy atom. The lowest BCUT2D eigenvalue weighted by Gasteiger charge is -2.50. The largest absolute Gasteiger partial charge is 0.304 e. The molecule has 0 saturated carbocycles. The van der Waals surface area contributed by atoms with Crippen LogP contribution in [0.3, 0.4) is 0 Å². The summed E-state index contributed by atoms with van der Waals surface area (Å²) in [5, 5.41) is 0.221. The third-order valence-electron chi connectivity index (χ3n) is 3.90. The molecule has 0 radical (unpaired) electrons. The zero-order chi connectivity index (χ0) is 12.9. The molecule has 1 unspecified atom stereocenters. The molecule has 3 nitrogen and oxygen atoms in total. The first-order chi connectivity index (χ1) is 7.28. The van der Waals surface area contributed by atoms with E-state index in [-0.39, 0.29) is 5.29 Å². The number of hydrogen-bond donors (Lipinski definition) is 0. The van der Waals surface area contributed by atoms with Crippen LogP contribution in [0.15, 0.2) is 0 Å². The van der Waals surface area contributed by atoms with Crippen LogP contribution in [-0.4, -0.2) is 78.6 Å². The Balaban J connectivity index is 4.95. The van der Waals surface area contributed by atoms with E-state index in [1.807, 2.05) is 0 Å². The quantitative estimate of drug-likeness (QED) is 0.470. The van der Waals surface area contributed by atoms with Gasteiger partial charge in [0, 0.05) is 16.3 Å². The fourth-order valence-electron chi connectivity index (χ4n) is 2.41. The number of rotatable bonds is 7. The van der Waals surface area contributed by atoms with Gasteiger partial charge in [0.2, 0.25) is 0 Å².